The minimum atomic E-state index is -3.54. The Hall–Kier alpha value is -1.97. The van der Waals surface area contributed by atoms with Crippen molar-refractivity contribution in [3.8, 4) is 0 Å². The third-order valence-electron chi connectivity index (χ3n) is 6.43. The number of thioether (sulfide) groups is 1. The molecule has 2 fully saturated rings. The molecule has 0 amide bonds. The summed E-state index contributed by atoms with van der Waals surface area (Å²) in [6.45, 7) is 1.10. The number of hydrogen-bond donors (Lipinski definition) is 0. The molecule has 0 spiro atoms. The zero-order valence-corrected chi connectivity index (χ0v) is 19.3. The van der Waals surface area contributed by atoms with Crippen molar-refractivity contribution in [1.29, 1.82) is 0 Å². The van der Waals surface area contributed by atoms with E-state index >= 15 is 0 Å². The van der Waals surface area contributed by atoms with Gasteiger partial charge in [-0.15, -0.1) is 0 Å². The van der Waals surface area contributed by atoms with Crippen molar-refractivity contribution in [3.63, 3.8) is 0 Å². The van der Waals surface area contributed by atoms with Crippen LogP contribution in [-0.2, 0) is 15.8 Å². The van der Waals surface area contributed by atoms with Gasteiger partial charge in [0.25, 0.3) is 0 Å². The molecule has 0 unspecified atom stereocenters. The fourth-order valence-corrected chi connectivity index (χ4v) is 7.35. The van der Waals surface area contributed by atoms with Crippen LogP contribution in [0.2, 0.25) is 0 Å². The SMILES string of the molecule is O=S(=O)(c1ccc2c(c1)nc(SCc1c(F)cccc1F)n2C1CCCC1)N1CCCC1. The van der Waals surface area contributed by atoms with Gasteiger partial charge in [-0.05, 0) is 56.0 Å². The molecule has 2 heterocycles. The topological polar surface area (TPSA) is 55.2 Å². The van der Waals surface area contributed by atoms with Crippen LogP contribution < -0.4 is 0 Å². The van der Waals surface area contributed by atoms with Crippen LogP contribution in [0.25, 0.3) is 11.0 Å². The van der Waals surface area contributed by atoms with Crippen molar-refractivity contribution in [2.24, 2.45) is 0 Å². The van der Waals surface area contributed by atoms with E-state index in [-0.39, 0.29) is 22.3 Å². The summed E-state index contributed by atoms with van der Waals surface area (Å²) in [5, 5.41) is 0.672. The maximum atomic E-state index is 14.1. The van der Waals surface area contributed by atoms with Gasteiger partial charge in [-0.2, -0.15) is 4.31 Å². The summed E-state index contributed by atoms with van der Waals surface area (Å²) in [6, 6.07) is 9.26. The lowest BCUT2D eigenvalue weighted by molar-refractivity contribution is 0.477. The second kappa shape index (κ2) is 8.76. The van der Waals surface area contributed by atoms with E-state index in [9.17, 15) is 17.2 Å². The highest BCUT2D eigenvalue weighted by molar-refractivity contribution is 7.98. The predicted molar refractivity (Wildman–Crippen MR) is 121 cm³/mol. The number of halogens is 2. The smallest absolute Gasteiger partial charge is 0.243 e. The van der Waals surface area contributed by atoms with E-state index in [2.05, 4.69) is 4.57 Å². The molecule has 0 radical (unpaired) electrons. The Morgan fingerprint density at radius 3 is 2.38 bits per heavy atom. The lowest BCUT2D eigenvalue weighted by atomic mass is 10.2. The van der Waals surface area contributed by atoms with Gasteiger partial charge in [0.15, 0.2) is 5.16 Å². The van der Waals surface area contributed by atoms with E-state index in [1.165, 1.54) is 34.3 Å². The Morgan fingerprint density at radius 1 is 1.00 bits per heavy atom. The van der Waals surface area contributed by atoms with Crippen LogP contribution in [-0.4, -0.2) is 35.4 Å². The number of benzene rings is 2. The first-order valence-corrected chi connectivity index (χ1v) is 13.5. The summed E-state index contributed by atoms with van der Waals surface area (Å²) in [5.41, 5.74) is 1.50. The summed E-state index contributed by atoms with van der Waals surface area (Å²) >= 11 is 1.29. The van der Waals surface area contributed by atoms with Gasteiger partial charge in [0.1, 0.15) is 11.6 Å². The zero-order chi connectivity index (χ0) is 22.3. The largest absolute Gasteiger partial charge is 0.316 e. The third kappa shape index (κ3) is 3.95. The fraction of sp³-hybridized carbons (Fsp3) is 0.435. The summed E-state index contributed by atoms with van der Waals surface area (Å²) in [6.07, 6.45) is 6.04. The Morgan fingerprint density at radius 2 is 1.69 bits per heavy atom. The van der Waals surface area contributed by atoms with Gasteiger partial charge >= 0.3 is 0 Å². The van der Waals surface area contributed by atoms with Crippen molar-refractivity contribution in [2.45, 2.75) is 60.4 Å². The molecule has 9 heteroatoms. The van der Waals surface area contributed by atoms with Gasteiger partial charge in [-0.25, -0.2) is 22.2 Å². The predicted octanol–water partition coefficient (Wildman–Crippen LogP) is 5.51. The average molecular weight is 478 g/mol. The molecule has 5 nitrogen and oxygen atoms in total. The highest BCUT2D eigenvalue weighted by atomic mass is 32.2. The van der Waals surface area contributed by atoms with E-state index in [4.69, 9.17) is 4.98 Å². The van der Waals surface area contributed by atoms with Crippen LogP contribution >= 0.6 is 11.8 Å². The van der Waals surface area contributed by atoms with Gasteiger partial charge in [-0.3, -0.25) is 0 Å². The molecule has 0 bridgehead atoms. The number of imidazole rings is 1. The molecule has 170 valence electrons. The first-order chi connectivity index (χ1) is 15.4. The first-order valence-electron chi connectivity index (χ1n) is 11.0. The van der Waals surface area contributed by atoms with E-state index in [0.717, 1.165) is 44.0 Å². The number of sulfonamides is 1. The van der Waals surface area contributed by atoms with Crippen LogP contribution in [0.15, 0.2) is 46.5 Å². The molecule has 1 aromatic heterocycles. The number of rotatable bonds is 6. The van der Waals surface area contributed by atoms with Crippen LogP contribution in [0, 0.1) is 11.6 Å². The molecule has 32 heavy (non-hydrogen) atoms. The monoisotopic (exact) mass is 477 g/mol. The number of hydrogen-bond acceptors (Lipinski definition) is 4. The van der Waals surface area contributed by atoms with E-state index in [0.29, 0.717) is 23.8 Å². The minimum absolute atomic E-state index is 0.0276. The second-order valence-electron chi connectivity index (χ2n) is 8.45. The molecular formula is C23H25F2N3O2S2. The Balaban J connectivity index is 1.53. The molecule has 1 saturated carbocycles. The quantitative estimate of drug-likeness (QED) is 0.440. The normalized spacial score (nSPS) is 18.2. The second-order valence-corrected chi connectivity index (χ2v) is 11.3. The van der Waals surface area contributed by atoms with E-state index < -0.39 is 21.7 Å². The van der Waals surface area contributed by atoms with Crippen molar-refractivity contribution in [1.82, 2.24) is 13.9 Å². The fourth-order valence-electron chi connectivity index (χ4n) is 4.72. The molecular weight excluding hydrogens is 452 g/mol. The van der Waals surface area contributed by atoms with Crippen LogP contribution in [0.1, 0.15) is 50.1 Å². The molecule has 3 aromatic rings. The molecule has 0 N–H and O–H groups in total. The molecule has 2 aromatic carbocycles. The van der Waals surface area contributed by atoms with Gasteiger partial charge in [0.05, 0.1) is 15.9 Å². The summed E-state index contributed by atoms with van der Waals surface area (Å²) < 4.78 is 58.0. The third-order valence-corrected chi connectivity index (χ3v) is 9.30. The maximum Gasteiger partial charge on any atom is 0.243 e. The first kappa shape index (κ1) is 21.9. The molecule has 1 aliphatic carbocycles. The summed E-state index contributed by atoms with van der Waals surface area (Å²) in [4.78, 5) is 4.98. The lowest BCUT2D eigenvalue weighted by Gasteiger charge is -2.17. The van der Waals surface area contributed by atoms with Gasteiger partial charge in [0.2, 0.25) is 10.0 Å². The van der Waals surface area contributed by atoms with E-state index in [1.807, 2.05) is 6.07 Å². The maximum absolute atomic E-state index is 14.1. The molecule has 5 rings (SSSR count). The van der Waals surface area contributed by atoms with Crippen LogP contribution in [0.5, 0.6) is 0 Å². The molecule has 1 aliphatic heterocycles. The molecule has 2 aliphatic rings. The van der Waals surface area contributed by atoms with Gasteiger partial charge in [0, 0.05) is 30.4 Å². The van der Waals surface area contributed by atoms with Crippen LogP contribution in [0.3, 0.4) is 0 Å². The Labute approximate surface area is 190 Å². The van der Waals surface area contributed by atoms with E-state index in [1.54, 1.807) is 12.1 Å². The van der Waals surface area contributed by atoms with Crippen molar-refractivity contribution < 1.29 is 17.2 Å². The number of fused-ring (bicyclic) bond motifs is 1. The molecule has 0 atom stereocenters. The van der Waals surface area contributed by atoms with Gasteiger partial charge < -0.3 is 4.57 Å². The average Bonchev–Trinajstić information content (AvgIpc) is 3.53. The standard InChI is InChI=1S/C23H25F2N3O2S2/c24-19-8-5-9-20(25)18(19)15-31-23-26-21-14-17(32(29,30)27-12-3-4-13-27)10-11-22(21)28(23)16-6-1-2-7-16/h5,8-11,14,16H,1-4,6-7,12-13,15H2. The van der Waals surface area contributed by atoms with Crippen molar-refractivity contribution >= 4 is 32.8 Å². The highest BCUT2D eigenvalue weighted by Gasteiger charge is 2.29. The van der Waals surface area contributed by atoms with Crippen LogP contribution in [0.4, 0.5) is 8.78 Å². The van der Waals surface area contributed by atoms with Crippen molar-refractivity contribution in [2.75, 3.05) is 13.1 Å². The lowest BCUT2D eigenvalue weighted by Crippen LogP contribution is -2.27. The highest BCUT2D eigenvalue weighted by Crippen LogP contribution is 2.38. The minimum Gasteiger partial charge on any atom is -0.316 e. The number of nitrogens with zero attached hydrogens (tertiary/aromatic N) is 3. The van der Waals surface area contributed by atoms with Gasteiger partial charge in [-0.1, -0.05) is 30.7 Å². The van der Waals surface area contributed by atoms with Crippen molar-refractivity contribution in [3.05, 3.63) is 53.6 Å². The summed E-state index contributed by atoms with van der Waals surface area (Å²) in [7, 11) is -3.54. The zero-order valence-electron chi connectivity index (χ0n) is 17.6. The number of aromatic nitrogens is 2. The summed E-state index contributed by atoms with van der Waals surface area (Å²) in [5.74, 6) is -1.02. The Bertz CT molecular complexity index is 1230. The molecule has 1 saturated heterocycles. The Kier molecular flexibility index (Phi) is 5.98.